The molecule has 110 valence electrons. The number of benzene rings is 1. The number of nitrogens with one attached hydrogen (secondary N) is 1. The van der Waals surface area contributed by atoms with Gasteiger partial charge in [-0.25, -0.2) is 9.18 Å². The minimum atomic E-state index is -0.931. The van der Waals surface area contributed by atoms with E-state index in [1.165, 1.54) is 26.2 Å². The van der Waals surface area contributed by atoms with Gasteiger partial charge >= 0.3 is 5.97 Å². The monoisotopic (exact) mass is 283 g/mol. The number of amides is 1. The van der Waals surface area contributed by atoms with E-state index in [1.54, 1.807) is 0 Å². The molecule has 1 N–H and O–H groups in total. The van der Waals surface area contributed by atoms with Crippen molar-refractivity contribution in [3.63, 3.8) is 0 Å². The summed E-state index contributed by atoms with van der Waals surface area (Å²) in [6.45, 7) is 3.89. The van der Waals surface area contributed by atoms with Crippen LogP contribution in [-0.4, -0.2) is 31.6 Å². The number of hydrogen-bond acceptors (Lipinski definition) is 4. The molecule has 1 aromatic rings. The fraction of sp³-hybridized carbons (Fsp3) is 0.429. The van der Waals surface area contributed by atoms with Gasteiger partial charge in [-0.1, -0.05) is 6.92 Å². The summed E-state index contributed by atoms with van der Waals surface area (Å²) in [6, 6.07) is 3.71. The summed E-state index contributed by atoms with van der Waals surface area (Å²) in [5.41, 5.74) is 0.0263. The van der Waals surface area contributed by atoms with Crippen molar-refractivity contribution in [2.24, 2.45) is 0 Å². The van der Waals surface area contributed by atoms with Crippen LogP contribution >= 0.6 is 0 Å². The van der Waals surface area contributed by atoms with Gasteiger partial charge in [0.15, 0.2) is 17.7 Å². The Kier molecular flexibility index (Phi) is 5.96. The third-order valence-electron chi connectivity index (χ3n) is 2.59. The Balaban J connectivity index is 2.66. The molecule has 0 radical (unpaired) electrons. The molecule has 0 heterocycles. The Morgan fingerprint density at radius 2 is 2.10 bits per heavy atom. The maximum Gasteiger partial charge on any atom is 0.339 e. The normalized spacial score (nSPS) is 11.6. The molecule has 1 rings (SSSR count). The van der Waals surface area contributed by atoms with Crippen LogP contribution in [0.2, 0.25) is 0 Å². The molecule has 20 heavy (non-hydrogen) atoms. The molecule has 1 aromatic carbocycles. The minimum Gasteiger partial charge on any atom is -0.494 e. The van der Waals surface area contributed by atoms with E-state index in [2.05, 4.69) is 5.32 Å². The first-order valence-corrected chi connectivity index (χ1v) is 6.31. The van der Waals surface area contributed by atoms with E-state index in [1.807, 2.05) is 6.92 Å². The van der Waals surface area contributed by atoms with E-state index in [0.717, 1.165) is 12.5 Å². The summed E-state index contributed by atoms with van der Waals surface area (Å²) in [5, 5.41) is 2.61. The maximum absolute atomic E-state index is 13.5. The van der Waals surface area contributed by atoms with E-state index < -0.39 is 17.9 Å². The SMILES string of the molecule is CCCNC(=O)[C@H](C)OC(=O)c1ccc(OC)c(F)c1. The van der Waals surface area contributed by atoms with Gasteiger partial charge < -0.3 is 14.8 Å². The number of ether oxygens (including phenoxy) is 2. The van der Waals surface area contributed by atoms with Gasteiger partial charge in [0, 0.05) is 6.54 Å². The zero-order chi connectivity index (χ0) is 15.1. The van der Waals surface area contributed by atoms with Crippen LogP contribution in [0.3, 0.4) is 0 Å². The van der Waals surface area contributed by atoms with Gasteiger partial charge in [-0.05, 0) is 31.5 Å². The van der Waals surface area contributed by atoms with Gasteiger partial charge in [-0.3, -0.25) is 4.79 Å². The van der Waals surface area contributed by atoms with E-state index in [9.17, 15) is 14.0 Å². The molecule has 5 nitrogen and oxygen atoms in total. The Bertz CT molecular complexity index is 490. The highest BCUT2D eigenvalue weighted by molar-refractivity contribution is 5.92. The standard InChI is InChI=1S/C14H18FNO4/c1-4-7-16-13(17)9(2)20-14(18)10-5-6-12(19-3)11(15)8-10/h5-6,8-9H,4,7H2,1-3H3,(H,16,17)/t9-/m0/s1. The molecule has 0 unspecified atom stereocenters. The molecule has 0 bridgehead atoms. The molecule has 0 aromatic heterocycles. The van der Waals surface area contributed by atoms with Crippen molar-refractivity contribution in [1.82, 2.24) is 5.32 Å². The molecule has 6 heteroatoms. The van der Waals surface area contributed by atoms with Crippen molar-refractivity contribution in [1.29, 1.82) is 0 Å². The first-order chi connectivity index (χ1) is 9.49. The van der Waals surface area contributed by atoms with Crippen molar-refractivity contribution >= 4 is 11.9 Å². The Hall–Kier alpha value is -2.11. The van der Waals surface area contributed by atoms with Gasteiger partial charge in [0.2, 0.25) is 0 Å². The van der Waals surface area contributed by atoms with E-state index in [4.69, 9.17) is 9.47 Å². The Morgan fingerprint density at radius 3 is 2.65 bits per heavy atom. The van der Waals surface area contributed by atoms with Gasteiger partial charge in [0.25, 0.3) is 5.91 Å². The highest BCUT2D eigenvalue weighted by Gasteiger charge is 2.19. The summed E-state index contributed by atoms with van der Waals surface area (Å²) in [6.07, 6.45) is -0.143. The van der Waals surface area contributed by atoms with Gasteiger partial charge in [-0.2, -0.15) is 0 Å². The lowest BCUT2D eigenvalue weighted by Crippen LogP contribution is -2.36. The van der Waals surface area contributed by atoms with Gasteiger partial charge in [0.1, 0.15) is 0 Å². The Labute approximate surface area is 117 Å². The summed E-state index contributed by atoms with van der Waals surface area (Å²) in [5.74, 6) is -1.76. The average molecular weight is 283 g/mol. The number of hydrogen-bond donors (Lipinski definition) is 1. The molecular weight excluding hydrogens is 265 g/mol. The molecule has 0 saturated heterocycles. The molecule has 0 aliphatic rings. The van der Waals surface area contributed by atoms with Crippen molar-refractivity contribution < 1.29 is 23.5 Å². The summed E-state index contributed by atoms with van der Waals surface area (Å²) < 4.78 is 23.2. The molecule has 0 aliphatic carbocycles. The summed E-state index contributed by atoms with van der Waals surface area (Å²) in [7, 11) is 1.33. The molecule has 0 saturated carbocycles. The van der Waals surface area contributed by atoms with E-state index in [0.29, 0.717) is 6.54 Å². The highest BCUT2D eigenvalue weighted by Crippen LogP contribution is 2.18. The van der Waals surface area contributed by atoms with E-state index in [-0.39, 0.29) is 17.2 Å². The largest absolute Gasteiger partial charge is 0.494 e. The zero-order valence-electron chi connectivity index (χ0n) is 11.7. The topological polar surface area (TPSA) is 64.6 Å². The van der Waals surface area contributed by atoms with Crippen LogP contribution in [-0.2, 0) is 9.53 Å². The second kappa shape index (κ2) is 7.47. The fourth-order valence-electron chi connectivity index (χ4n) is 1.47. The predicted octanol–water partition coefficient (Wildman–Crippen LogP) is 1.91. The third-order valence-corrected chi connectivity index (χ3v) is 2.59. The first-order valence-electron chi connectivity index (χ1n) is 6.31. The second-order valence-electron chi connectivity index (χ2n) is 4.19. The van der Waals surface area contributed by atoms with Gasteiger partial charge in [-0.15, -0.1) is 0 Å². The minimum absolute atomic E-state index is 0.0263. The lowest BCUT2D eigenvalue weighted by molar-refractivity contribution is -0.129. The second-order valence-corrected chi connectivity index (χ2v) is 4.19. The summed E-state index contributed by atoms with van der Waals surface area (Å²) >= 11 is 0. The van der Waals surface area contributed by atoms with Gasteiger partial charge in [0.05, 0.1) is 12.7 Å². The first kappa shape index (κ1) is 15.9. The molecule has 1 atom stereocenters. The van der Waals surface area contributed by atoms with Crippen LogP contribution in [0, 0.1) is 5.82 Å². The van der Waals surface area contributed by atoms with Crippen molar-refractivity contribution in [3.8, 4) is 5.75 Å². The van der Waals surface area contributed by atoms with Crippen molar-refractivity contribution in [3.05, 3.63) is 29.6 Å². The number of carbonyl (C=O) groups excluding carboxylic acids is 2. The molecule has 0 aliphatic heterocycles. The van der Waals surface area contributed by atoms with Crippen molar-refractivity contribution in [2.45, 2.75) is 26.4 Å². The zero-order valence-corrected chi connectivity index (χ0v) is 11.7. The van der Waals surface area contributed by atoms with Crippen molar-refractivity contribution in [2.75, 3.05) is 13.7 Å². The number of esters is 1. The van der Waals surface area contributed by atoms with Crippen LogP contribution in [0.15, 0.2) is 18.2 Å². The average Bonchev–Trinajstić information content (AvgIpc) is 2.44. The number of methoxy groups -OCH3 is 1. The molecule has 1 amide bonds. The van der Waals surface area contributed by atoms with Crippen LogP contribution in [0.5, 0.6) is 5.75 Å². The predicted molar refractivity (Wildman–Crippen MR) is 71.1 cm³/mol. The summed E-state index contributed by atoms with van der Waals surface area (Å²) in [4.78, 5) is 23.3. The van der Waals surface area contributed by atoms with Crippen LogP contribution in [0.1, 0.15) is 30.6 Å². The van der Waals surface area contributed by atoms with E-state index >= 15 is 0 Å². The smallest absolute Gasteiger partial charge is 0.339 e. The number of halogens is 1. The lowest BCUT2D eigenvalue weighted by atomic mass is 10.2. The quantitative estimate of drug-likeness (QED) is 0.810. The molecular formula is C14H18FNO4. The lowest BCUT2D eigenvalue weighted by Gasteiger charge is -2.13. The van der Waals surface area contributed by atoms with Crippen LogP contribution in [0.4, 0.5) is 4.39 Å². The van der Waals surface area contributed by atoms with Crippen LogP contribution < -0.4 is 10.1 Å². The number of carbonyl (C=O) groups is 2. The maximum atomic E-state index is 13.5. The fourth-order valence-corrected chi connectivity index (χ4v) is 1.47. The highest BCUT2D eigenvalue weighted by atomic mass is 19.1. The molecule has 0 fully saturated rings. The third kappa shape index (κ3) is 4.22. The van der Waals surface area contributed by atoms with Crippen LogP contribution in [0.25, 0.3) is 0 Å². The number of rotatable bonds is 6. The Morgan fingerprint density at radius 1 is 1.40 bits per heavy atom. The molecule has 0 spiro atoms.